The third-order valence-corrected chi connectivity index (χ3v) is 4.64. The minimum atomic E-state index is -0.000550. The fourth-order valence-corrected chi connectivity index (χ4v) is 2.84. The molecule has 0 bridgehead atoms. The normalized spacial score (nSPS) is 10.8. The minimum Gasteiger partial charge on any atom is -0.361 e. The summed E-state index contributed by atoms with van der Waals surface area (Å²) < 4.78 is 1.15. The molecule has 0 saturated carbocycles. The molecular formula is C17H15IN2O. The highest BCUT2D eigenvalue weighted by molar-refractivity contribution is 14.1. The fraction of sp³-hybridized carbons (Fsp3) is 0.118. The van der Waals surface area contributed by atoms with E-state index < -0.39 is 0 Å². The number of fused-ring (bicyclic) bond motifs is 1. The van der Waals surface area contributed by atoms with Crippen LogP contribution in [0, 0.1) is 10.5 Å². The van der Waals surface area contributed by atoms with E-state index in [1.54, 1.807) is 0 Å². The van der Waals surface area contributed by atoms with Gasteiger partial charge < -0.3 is 10.3 Å². The number of rotatable bonds is 3. The number of aromatic amines is 1. The van der Waals surface area contributed by atoms with Gasteiger partial charge in [-0.3, -0.25) is 4.79 Å². The molecule has 0 unspecified atom stereocenters. The van der Waals surface area contributed by atoms with E-state index in [1.165, 1.54) is 5.56 Å². The molecule has 1 heterocycles. The maximum atomic E-state index is 12.2. The minimum absolute atomic E-state index is 0.000550. The Kier molecular flexibility index (Phi) is 3.96. The number of carbonyl (C=O) groups is 1. The van der Waals surface area contributed by atoms with Gasteiger partial charge in [-0.05, 0) is 58.8 Å². The third kappa shape index (κ3) is 3.10. The molecule has 0 aliphatic rings. The summed E-state index contributed by atoms with van der Waals surface area (Å²) in [5.41, 5.74) is 4.13. The smallest absolute Gasteiger partial charge is 0.228 e. The molecular weight excluding hydrogens is 375 g/mol. The van der Waals surface area contributed by atoms with Crippen molar-refractivity contribution in [1.29, 1.82) is 0 Å². The molecule has 106 valence electrons. The van der Waals surface area contributed by atoms with Crippen molar-refractivity contribution in [2.24, 2.45) is 0 Å². The molecule has 3 aromatic rings. The number of carbonyl (C=O) groups excluding carboxylic acids is 1. The van der Waals surface area contributed by atoms with Crippen LogP contribution < -0.4 is 5.32 Å². The van der Waals surface area contributed by atoms with Gasteiger partial charge >= 0.3 is 0 Å². The number of amides is 1. The van der Waals surface area contributed by atoms with Crippen LogP contribution in [0.1, 0.15) is 11.1 Å². The van der Waals surface area contributed by atoms with Crippen LogP contribution in [0.3, 0.4) is 0 Å². The average molecular weight is 390 g/mol. The SMILES string of the molecule is Cc1ccc(NC(=O)Cc2c[nH]c3ccccc23)cc1I. The van der Waals surface area contributed by atoms with Crippen molar-refractivity contribution in [3.8, 4) is 0 Å². The number of aryl methyl sites for hydroxylation is 1. The van der Waals surface area contributed by atoms with Crippen LogP contribution in [-0.2, 0) is 11.2 Å². The van der Waals surface area contributed by atoms with Crippen LogP contribution >= 0.6 is 22.6 Å². The standard InChI is InChI=1S/C17H15IN2O/c1-11-6-7-13(9-15(11)18)20-17(21)8-12-10-19-16-5-3-2-4-14(12)16/h2-7,9-10,19H,8H2,1H3,(H,20,21). The number of H-pyrrole nitrogens is 1. The second-order valence-corrected chi connectivity index (χ2v) is 6.21. The fourth-order valence-electron chi connectivity index (χ4n) is 2.33. The Morgan fingerprint density at radius 2 is 2.05 bits per heavy atom. The van der Waals surface area contributed by atoms with E-state index in [1.807, 2.05) is 48.7 Å². The summed E-state index contributed by atoms with van der Waals surface area (Å²) >= 11 is 2.27. The lowest BCUT2D eigenvalue weighted by atomic mass is 10.1. The summed E-state index contributed by atoms with van der Waals surface area (Å²) in [5.74, 6) is -0.000550. The number of anilines is 1. The van der Waals surface area contributed by atoms with Crippen LogP contribution in [-0.4, -0.2) is 10.9 Å². The summed E-state index contributed by atoms with van der Waals surface area (Å²) in [6.45, 7) is 2.05. The molecule has 0 aliphatic heterocycles. The zero-order valence-electron chi connectivity index (χ0n) is 11.6. The molecule has 3 nitrogen and oxygen atoms in total. The van der Waals surface area contributed by atoms with Gasteiger partial charge in [-0.1, -0.05) is 24.3 Å². The number of aromatic nitrogens is 1. The highest BCUT2D eigenvalue weighted by atomic mass is 127. The van der Waals surface area contributed by atoms with E-state index in [-0.39, 0.29) is 5.91 Å². The lowest BCUT2D eigenvalue weighted by Crippen LogP contribution is -2.14. The van der Waals surface area contributed by atoms with Crippen LogP contribution in [0.5, 0.6) is 0 Å². The van der Waals surface area contributed by atoms with Crippen LogP contribution in [0.4, 0.5) is 5.69 Å². The summed E-state index contributed by atoms with van der Waals surface area (Å²) in [6.07, 6.45) is 2.28. The van der Waals surface area contributed by atoms with Gasteiger partial charge in [0.05, 0.1) is 6.42 Å². The Labute approximate surface area is 136 Å². The number of para-hydroxylation sites is 1. The van der Waals surface area contributed by atoms with Crippen molar-refractivity contribution in [3.05, 3.63) is 63.4 Å². The molecule has 3 rings (SSSR count). The molecule has 2 N–H and O–H groups in total. The maximum Gasteiger partial charge on any atom is 0.228 e. The Hall–Kier alpha value is -1.82. The van der Waals surface area contributed by atoms with Gasteiger partial charge in [-0.15, -0.1) is 0 Å². The molecule has 1 aromatic heterocycles. The number of hydrogen-bond acceptors (Lipinski definition) is 1. The molecule has 0 radical (unpaired) electrons. The van der Waals surface area contributed by atoms with Crippen molar-refractivity contribution in [1.82, 2.24) is 4.98 Å². The average Bonchev–Trinajstić information content (AvgIpc) is 2.86. The topological polar surface area (TPSA) is 44.9 Å². The van der Waals surface area contributed by atoms with Crippen LogP contribution in [0.15, 0.2) is 48.7 Å². The first-order chi connectivity index (χ1) is 10.1. The Balaban J connectivity index is 1.75. The largest absolute Gasteiger partial charge is 0.361 e. The summed E-state index contributed by atoms with van der Waals surface area (Å²) in [6, 6.07) is 14.0. The first kappa shape index (κ1) is 14.1. The summed E-state index contributed by atoms with van der Waals surface area (Å²) in [5, 5.41) is 4.06. The van der Waals surface area contributed by atoms with E-state index >= 15 is 0 Å². The van der Waals surface area contributed by atoms with E-state index in [4.69, 9.17) is 0 Å². The van der Waals surface area contributed by atoms with Crippen LogP contribution in [0.2, 0.25) is 0 Å². The second-order valence-electron chi connectivity index (χ2n) is 5.05. The Morgan fingerprint density at radius 3 is 2.86 bits per heavy atom. The third-order valence-electron chi connectivity index (χ3n) is 3.48. The van der Waals surface area contributed by atoms with Gasteiger partial charge in [0.25, 0.3) is 0 Å². The summed E-state index contributed by atoms with van der Waals surface area (Å²) in [7, 11) is 0. The van der Waals surface area contributed by atoms with Gasteiger partial charge in [0.15, 0.2) is 0 Å². The van der Waals surface area contributed by atoms with Gasteiger partial charge in [-0.25, -0.2) is 0 Å². The van der Waals surface area contributed by atoms with Gasteiger partial charge in [0, 0.05) is 26.4 Å². The molecule has 0 spiro atoms. The predicted octanol–water partition coefficient (Wildman–Crippen LogP) is 4.26. The Bertz CT molecular complexity index is 807. The molecule has 1 amide bonds. The number of hydrogen-bond donors (Lipinski definition) is 2. The van der Waals surface area contributed by atoms with Crippen molar-refractivity contribution < 1.29 is 4.79 Å². The molecule has 0 atom stereocenters. The van der Waals surface area contributed by atoms with Gasteiger partial charge in [0.2, 0.25) is 5.91 Å². The molecule has 21 heavy (non-hydrogen) atoms. The number of nitrogens with one attached hydrogen (secondary N) is 2. The summed E-state index contributed by atoms with van der Waals surface area (Å²) in [4.78, 5) is 15.4. The van der Waals surface area contributed by atoms with E-state index in [0.717, 1.165) is 25.7 Å². The van der Waals surface area contributed by atoms with E-state index in [2.05, 4.69) is 39.8 Å². The molecule has 0 saturated heterocycles. The lowest BCUT2D eigenvalue weighted by molar-refractivity contribution is -0.115. The van der Waals surface area contributed by atoms with E-state index in [9.17, 15) is 4.79 Å². The maximum absolute atomic E-state index is 12.2. The molecule has 0 fully saturated rings. The van der Waals surface area contributed by atoms with Crippen molar-refractivity contribution >= 4 is 45.1 Å². The highest BCUT2D eigenvalue weighted by Crippen LogP contribution is 2.20. The quantitative estimate of drug-likeness (QED) is 0.645. The zero-order chi connectivity index (χ0) is 14.8. The Morgan fingerprint density at radius 1 is 1.24 bits per heavy atom. The first-order valence-electron chi connectivity index (χ1n) is 6.74. The first-order valence-corrected chi connectivity index (χ1v) is 7.82. The number of halogens is 1. The second kappa shape index (κ2) is 5.89. The van der Waals surface area contributed by atoms with Crippen LogP contribution in [0.25, 0.3) is 10.9 Å². The van der Waals surface area contributed by atoms with Crippen molar-refractivity contribution in [2.45, 2.75) is 13.3 Å². The predicted molar refractivity (Wildman–Crippen MR) is 94.5 cm³/mol. The van der Waals surface area contributed by atoms with Gasteiger partial charge in [-0.2, -0.15) is 0 Å². The zero-order valence-corrected chi connectivity index (χ0v) is 13.8. The monoisotopic (exact) mass is 390 g/mol. The molecule has 4 heteroatoms. The highest BCUT2D eigenvalue weighted by Gasteiger charge is 2.09. The van der Waals surface area contributed by atoms with Crippen molar-refractivity contribution in [3.63, 3.8) is 0 Å². The van der Waals surface area contributed by atoms with E-state index in [0.29, 0.717) is 6.42 Å². The van der Waals surface area contributed by atoms with Gasteiger partial charge in [0.1, 0.15) is 0 Å². The van der Waals surface area contributed by atoms with Crippen molar-refractivity contribution in [2.75, 3.05) is 5.32 Å². The molecule has 0 aliphatic carbocycles. The lowest BCUT2D eigenvalue weighted by Gasteiger charge is -2.06. The number of benzene rings is 2. The molecule has 2 aromatic carbocycles.